The predicted molar refractivity (Wildman–Crippen MR) is 99.2 cm³/mol. The first kappa shape index (κ1) is 29.1. The van der Waals surface area contributed by atoms with Gasteiger partial charge in [0, 0.05) is 13.1 Å². The van der Waals surface area contributed by atoms with Crippen LogP contribution in [-0.2, 0) is 0 Å². The number of hydrogen-bond donors (Lipinski definition) is 2. The van der Waals surface area contributed by atoms with Gasteiger partial charge in [0.2, 0.25) is 0 Å². The summed E-state index contributed by atoms with van der Waals surface area (Å²) in [6, 6.07) is 0. The van der Waals surface area contributed by atoms with E-state index >= 15 is 0 Å². The topological polar surface area (TPSA) is 104 Å². The summed E-state index contributed by atoms with van der Waals surface area (Å²) in [5, 5.41) is 24.8. The molecule has 0 rings (SSSR count). The zero-order valence-corrected chi connectivity index (χ0v) is 19.2. The fraction of sp³-hybridized carbons (Fsp3) is 0.889. The summed E-state index contributed by atoms with van der Waals surface area (Å²) in [5.74, 6) is 0.950. The molecule has 0 aromatic heterocycles. The molecule has 0 heterocycles. The van der Waals surface area contributed by atoms with Crippen molar-refractivity contribution >= 4 is 36.1 Å². The Kier molecular flexibility index (Phi) is 24.9. The molecule has 0 aliphatic rings. The van der Waals surface area contributed by atoms with E-state index in [4.69, 9.17) is 0 Å². The second kappa shape index (κ2) is 21.4. The average molecular weight is 463 g/mol. The number of nitrogens with one attached hydrogen (secondary N) is 2. The molecule has 0 saturated carbocycles. The Labute approximate surface area is 170 Å². The number of unbranched alkanes of at least 4 members (excludes halogenated alkanes) is 2. The van der Waals surface area contributed by atoms with Crippen LogP contribution in [0.15, 0.2) is 0 Å². The van der Waals surface area contributed by atoms with Gasteiger partial charge in [0.25, 0.3) is 0 Å². The minimum atomic E-state index is -1.16. The second-order valence-corrected chi connectivity index (χ2v) is 6.17. The third-order valence-corrected chi connectivity index (χ3v) is 4.16. The number of hydrogen-bond acceptors (Lipinski definition) is 4. The summed E-state index contributed by atoms with van der Waals surface area (Å²) in [6.45, 7) is 9.52. The predicted octanol–water partition coefficient (Wildman–Crippen LogP) is 1.89. The first-order valence-electron chi connectivity index (χ1n) is 9.30. The molecule has 2 atom stereocenters. The molecule has 0 aliphatic carbocycles. The monoisotopic (exact) mass is 464 g/mol. The molecule has 0 bridgehead atoms. The van der Waals surface area contributed by atoms with Gasteiger partial charge in [-0.25, -0.2) is 0 Å². The van der Waals surface area contributed by atoms with Crippen molar-refractivity contribution in [3.05, 3.63) is 0 Å². The molecule has 0 saturated heterocycles. The standard InChI is InChI=1S/2C9H19NO2.Sn/c2*1-3-5-6-8(4-2)7-10-9(11)12;/h2*8,10H,3-7H2,1-2H3,(H,11,12);/q;;+4/p-2. The SMILES string of the molecule is CCCCC(CC)CNC(=O)[O-].CCCCC(CC)CNC(=O)[O-].[Sn+4]. The molecule has 0 fully saturated rings. The fourth-order valence-electron chi connectivity index (χ4n) is 2.34. The molecule has 25 heavy (non-hydrogen) atoms. The van der Waals surface area contributed by atoms with E-state index in [1.54, 1.807) is 0 Å². The molecule has 0 aliphatic heterocycles. The molecule has 6 nitrogen and oxygen atoms in total. The zero-order chi connectivity index (χ0) is 18.8. The van der Waals surface area contributed by atoms with Crippen LogP contribution in [0.5, 0.6) is 0 Å². The molecule has 2 amide bonds. The van der Waals surface area contributed by atoms with Crippen LogP contribution in [-0.4, -0.2) is 49.2 Å². The summed E-state index contributed by atoms with van der Waals surface area (Å²) in [6.07, 6.45) is 6.63. The number of carbonyl (C=O) groups is 2. The van der Waals surface area contributed by atoms with E-state index < -0.39 is 12.2 Å². The molecule has 0 aromatic rings. The van der Waals surface area contributed by atoms with Crippen molar-refractivity contribution in [1.82, 2.24) is 10.6 Å². The van der Waals surface area contributed by atoms with Gasteiger partial charge >= 0.3 is 23.9 Å². The summed E-state index contributed by atoms with van der Waals surface area (Å²) in [5.41, 5.74) is 0. The van der Waals surface area contributed by atoms with E-state index in [1.807, 2.05) is 0 Å². The fourth-order valence-corrected chi connectivity index (χ4v) is 2.34. The van der Waals surface area contributed by atoms with Gasteiger partial charge in [-0.1, -0.05) is 66.2 Å². The van der Waals surface area contributed by atoms with Crippen molar-refractivity contribution in [2.24, 2.45) is 11.8 Å². The largest absolute Gasteiger partial charge is 4.00 e. The van der Waals surface area contributed by atoms with Gasteiger partial charge in [0.05, 0.1) is 0 Å². The maximum Gasteiger partial charge on any atom is 4.00 e. The van der Waals surface area contributed by atoms with Crippen LogP contribution in [0.3, 0.4) is 0 Å². The van der Waals surface area contributed by atoms with Gasteiger partial charge in [0.1, 0.15) is 12.2 Å². The minimum absolute atomic E-state index is 0. The van der Waals surface area contributed by atoms with Crippen LogP contribution in [0.1, 0.15) is 79.1 Å². The first-order valence-corrected chi connectivity index (χ1v) is 9.30. The molecular weight excluding hydrogens is 427 g/mol. The Hall–Kier alpha value is -0.661. The van der Waals surface area contributed by atoms with Crippen LogP contribution in [0.2, 0.25) is 0 Å². The van der Waals surface area contributed by atoms with Gasteiger partial charge in [-0.2, -0.15) is 0 Å². The van der Waals surface area contributed by atoms with E-state index in [9.17, 15) is 19.8 Å². The molecule has 0 spiro atoms. The van der Waals surface area contributed by atoms with Crippen molar-refractivity contribution in [2.45, 2.75) is 79.1 Å². The quantitative estimate of drug-likeness (QED) is 0.432. The van der Waals surface area contributed by atoms with Gasteiger partial charge in [-0.3, -0.25) is 0 Å². The van der Waals surface area contributed by atoms with Crippen LogP contribution < -0.4 is 20.8 Å². The number of amides is 2. The number of carbonyl (C=O) groups excluding carboxylic acids is 2. The number of rotatable bonds is 12. The molecule has 2 unspecified atom stereocenters. The summed E-state index contributed by atoms with van der Waals surface area (Å²) in [7, 11) is 0. The molecule has 2 N–H and O–H groups in total. The van der Waals surface area contributed by atoms with Gasteiger partial charge < -0.3 is 30.4 Å². The maximum atomic E-state index is 10.1. The Morgan fingerprint density at radius 2 is 1.08 bits per heavy atom. The Balaban J connectivity index is -0.000000372. The van der Waals surface area contributed by atoms with Crippen molar-refractivity contribution in [3.8, 4) is 0 Å². The van der Waals surface area contributed by atoms with Crippen LogP contribution >= 0.6 is 0 Å². The summed E-state index contributed by atoms with van der Waals surface area (Å²) in [4.78, 5) is 20.1. The molecule has 0 radical (unpaired) electrons. The van der Waals surface area contributed by atoms with Crippen LogP contribution in [0.4, 0.5) is 9.59 Å². The second-order valence-electron chi connectivity index (χ2n) is 6.17. The molecule has 0 aromatic carbocycles. The van der Waals surface area contributed by atoms with E-state index in [1.165, 1.54) is 25.7 Å². The van der Waals surface area contributed by atoms with Crippen LogP contribution in [0, 0.1) is 11.8 Å². The van der Waals surface area contributed by atoms with Gasteiger partial charge in [-0.15, -0.1) is 0 Å². The maximum absolute atomic E-state index is 10.1. The van der Waals surface area contributed by atoms with Crippen LogP contribution in [0.25, 0.3) is 0 Å². The van der Waals surface area contributed by atoms with E-state index in [0.717, 1.165) is 25.7 Å². The van der Waals surface area contributed by atoms with Gasteiger partial charge in [0.15, 0.2) is 0 Å². The Bertz CT molecular complexity index is 287. The molecule has 7 heteroatoms. The summed E-state index contributed by atoms with van der Waals surface area (Å²) < 4.78 is 0. The van der Waals surface area contributed by atoms with Crippen molar-refractivity contribution in [3.63, 3.8) is 0 Å². The average Bonchev–Trinajstić information content (AvgIpc) is 2.55. The number of carboxylic acid groups (broad SMARTS) is 2. The molecular formula is C18H36N2O4Sn+2. The van der Waals surface area contributed by atoms with Crippen molar-refractivity contribution in [1.29, 1.82) is 0 Å². The Morgan fingerprint density at radius 3 is 1.28 bits per heavy atom. The van der Waals surface area contributed by atoms with E-state index in [2.05, 4.69) is 38.3 Å². The smallest absolute Gasteiger partial charge is 0.530 e. The zero-order valence-electron chi connectivity index (χ0n) is 16.4. The molecule has 144 valence electrons. The first-order chi connectivity index (χ1) is 11.4. The minimum Gasteiger partial charge on any atom is -0.530 e. The third kappa shape index (κ3) is 23.3. The Morgan fingerprint density at radius 1 is 0.760 bits per heavy atom. The van der Waals surface area contributed by atoms with Gasteiger partial charge in [-0.05, 0) is 24.7 Å². The normalized spacial score (nSPS) is 12.0. The van der Waals surface area contributed by atoms with Crippen molar-refractivity contribution < 1.29 is 19.8 Å². The van der Waals surface area contributed by atoms with E-state index in [0.29, 0.717) is 24.9 Å². The summed E-state index contributed by atoms with van der Waals surface area (Å²) >= 11 is 0. The van der Waals surface area contributed by atoms with Crippen molar-refractivity contribution in [2.75, 3.05) is 13.1 Å². The van der Waals surface area contributed by atoms with E-state index in [-0.39, 0.29) is 23.9 Å². The third-order valence-electron chi connectivity index (χ3n) is 4.16.